The van der Waals surface area contributed by atoms with Crippen molar-refractivity contribution in [2.75, 3.05) is 12.8 Å². The molecule has 0 fully saturated rings. The minimum Gasteiger partial charge on any atom is -0.316 e. The third-order valence-electron chi connectivity index (χ3n) is 3.27. The molecule has 0 spiro atoms. The Hall–Kier alpha value is -0.390. The molecular weight excluding hydrogens is 314 g/mol. The molecule has 0 bridgehead atoms. The first-order chi connectivity index (χ1) is 8.42. The van der Waals surface area contributed by atoms with Crippen LogP contribution >= 0.6 is 15.9 Å². The predicted octanol–water partition coefficient (Wildman–Crippen LogP) is 2.86. The van der Waals surface area contributed by atoms with Crippen LogP contribution in [0.5, 0.6) is 0 Å². The fourth-order valence-corrected chi connectivity index (χ4v) is 4.66. The summed E-state index contributed by atoms with van der Waals surface area (Å²) in [6.45, 7) is 4.14. The van der Waals surface area contributed by atoms with Crippen LogP contribution in [0.4, 0.5) is 0 Å². The average Bonchev–Trinajstić information content (AvgIpc) is 2.35. The first kappa shape index (κ1) is 15.7. The Morgan fingerprint density at radius 2 is 1.94 bits per heavy atom. The summed E-state index contributed by atoms with van der Waals surface area (Å²) in [5.41, 5.74) is 0. The van der Waals surface area contributed by atoms with Gasteiger partial charge in [-0.3, -0.25) is 0 Å². The molecule has 1 N–H and O–H groups in total. The van der Waals surface area contributed by atoms with Crippen molar-refractivity contribution in [2.24, 2.45) is 5.92 Å². The van der Waals surface area contributed by atoms with Gasteiger partial charge in [0.1, 0.15) is 0 Å². The van der Waals surface area contributed by atoms with Crippen LogP contribution in [0, 0.1) is 5.92 Å². The largest absolute Gasteiger partial charge is 0.316 e. The molecule has 0 aliphatic carbocycles. The van der Waals surface area contributed by atoms with Gasteiger partial charge in [-0.25, -0.2) is 8.42 Å². The Morgan fingerprint density at radius 3 is 2.44 bits per heavy atom. The lowest BCUT2D eigenvalue weighted by atomic mass is 10.0. The molecule has 0 heterocycles. The second-order valence-corrected chi connectivity index (χ2v) is 7.35. The second kappa shape index (κ2) is 6.68. The molecule has 1 aromatic carbocycles. The highest BCUT2D eigenvalue weighted by molar-refractivity contribution is 9.10. The van der Waals surface area contributed by atoms with Crippen molar-refractivity contribution in [3.8, 4) is 0 Å². The Morgan fingerprint density at radius 1 is 1.33 bits per heavy atom. The van der Waals surface area contributed by atoms with Gasteiger partial charge in [-0.2, -0.15) is 0 Å². The normalized spacial score (nSPS) is 15.3. The molecule has 1 aromatic rings. The fraction of sp³-hybridized carbons (Fsp3) is 0.538. The molecule has 18 heavy (non-hydrogen) atoms. The van der Waals surface area contributed by atoms with E-state index in [2.05, 4.69) is 35.1 Å². The van der Waals surface area contributed by atoms with Crippen molar-refractivity contribution in [3.63, 3.8) is 0 Å². The lowest BCUT2D eigenvalue weighted by Crippen LogP contribution is -2.38. The van der Waals surface area contributed by atoms with Crippen molar-refractivity contribution >= 4 is 25.8 Å². The predicted molar refractivity (Wildman–Crippen MR) is 78.5 cm³/mol. The van der Waals surface area contributed by atoms with Gasteiger partial charge in [0, 0.05) is 10.5 Å². The molecule has 1 rings (SSSR count). The summed E-state index contributed by atoms with van der Waals surface area (Å²) in [6.07, 6.45) is 0.955. The van der Waals surface area contributed by atoms with E-state index in [1.807, 2.05) is 13.1 Å². The summed E-state index contributed by atoms with van der Waals surface area (Å²) >= 11 is 3.30. The number of benzene rings is 1. The van der Waals surface area contributed by atoms with E-state index < -0.39 is 9.84 Å². The number of hydrogen-bond donors (Lipinski definition) is 1. The molecular formula is C13H20BrNO2S. The first-order valence-electron chi connectivity index (χ1n) is 6.07. The highest BCUT2D eigenvalue weighted by atomic mass is 79.9. The Bertz CT molecular complexity index is 488. The maximum absolute atomic E-state index is 12.4. The molecule has 0 saturated carbocycles. The summed E-state index contributed by atoms with van der Waals surface area (Å²) in [4.78, 5) is 0.369. The average molecular weight is 334 g/mol. The van der Waals surface area contributed by atoms with E-state index in [4.69, 9.17) is 0 Å². The molecule has 0 radical (unpaired) electrons. The van der Waals surface area contributed by atoms with E-state index in [0.717, 1.165) is 6.42 Å². The van der Waals surface area contributed by atoms with Crippen molar-refractivity contribution in [1.29, 1.82) is 0 Å². The van der Waals surface area contributed by atoms with Gasteiger partial charge in [-0.15, -0.1) is 0 Å². The minimum atomic E-state index is -3.27. The zero-order valence-electron chi connectivity index (χ0n) is 11.0. The number of hydrogen-bond acceptors (Lipinski definition) is 3. The van der Waals surface area contributed by atoms with Crippen molar-refractivity contribution in [2.45, 2.75) is 31.2 Å². The number of nitrogens with one attached hydrogen (secondary N) is 1. The molecule has 0 aliphatic rings. The molecule has 2 atom stereocenters. The Kier molecular flexibility index (Phi) is 5.82. The van der Waals surface area contributed by atoms with Gasteiger partial charge in [0.15, 0.2) is 9.84 Å². The van der Waals surface area contributed by atoms with Crippen LogP contribution in [-0.4, -0.2) is 27.3 Å². The van der Waals surface area contributed by atoms with E-state index in [1.165, 1.54) is 0 Å². The molecule has 3 nitrogen and oxygen atoms in total. The van der Waals surface area contributed by atoms with Crippen LogP contribution in [-0.2, 0) is 9.84 Å². The minimum absolute atomic E-state index is 0.0212. The lowest BCUT2D eigenvalue weighted by molar-refractivity contribution is 0.414. The zero-order chi connectivity index (χ0) is 13.8. The summed E-state index contributed by atoms with van der Waals surface area (Å²) in [5.74, 6) is 0.452. The second-order valence-electron chi connectivity index (χ2n) is 4.49. The van der Waals surface area contributed by atoms with E-state index in [-0.39, 0.29) is 11.8 Å². The maximum atomic E-state index is 12.4. The fourth-order valence-electron chi connectivity index (χ4n) is 1.84. The lowest BCUT2D eigenvalue weighted by Gasteiger charge is -2.22. The monoisotopic (exact) mass is 333 g/mol. The smallest absolute Gasteiger partial charge is 0.181 e. The molecule has 5 heteroatoms. The van der Waals surface area contributed by atoms with Crippen LogP contribution in [0.15, 0.2) is 33.6 Å². The van der Waals surface area contributed by atoms with Gasteiger partial charge < -0.3 is 5.32 Å². The highest BCUT2D eigenvalue weighted by Gasteiger charge is 2.24. The van der Waals surface area contributed by atoms with Crippen molar-refractivity contribution in [1.82, 2.24) is 5.32 Å². The third kappa shape index (κ3) is 3.80. The van der Waals surface area contributed by atoms with Crippen LogP contribution in [0.1, 0.15) is 20.3 Å². The van der Waals surface area contributed by atoms with Crippen LogP contribution in [0.3, 0.4) is 0 Å². The van der Waals surface area contributed by atoms with Crippen LogP contribution in [0.2, 0.25) is 0 Å². The zero-order valence-corrected chi connectivity index (χ0v) is 13.4. The molecule has 0 aliphatic heterocycles. The summed E-state index contributed by atoms with van der Waals surface area (Å²) in [6, 6.07) is 6.93. The molecule has 102 valence electrons. The Balaban J connectivity index is 2.98. The summed E-state index contributed by atoms with van der Waals surface area (Å²) < 4.78 is 25.4. The standard InChI is InChI=1S/C13H20BrNO2S/c1-4-10(2)12(15-3)9-18(16,17)13-8-6-5-7-11(13)14/h5-8,10,12,15H,4,9H2,1-3H3. The van der Waals surface area contributed by atoms with Gasteiger partial charge in [-0.05, 0) is 41.0 Å². The molecule has 0 aromatic heterocycles. The quantitative estimate of drug-likeness (QED) is 0.870. The topological polar surface area (TPSA) is 46.2 Å². The van der Waals surface area contributed by atoms with E-state index in [0.29, 0.717) is 15.3 Å². The van der Waals surface area contributed by atoms with E-state index >= 15 is 0 Å². The Labute approximate surface area is 118 Å². The summed E-state index contributed by atoms with van der Waals surface area (Å²) in [5, 5.41) is 3.10. The van der Waals surface area contributed by atoms with Crippen molar-refractivity contribution in [3.05, 3.63) is 28.7 Å². The molecule has 0 amide bonds. The number of sulfone groups is 1. The van der Waals surface area contributed by atoms with Gasteiger partial charge in [0.05, 0.1) is 10.6 Å². The van der Waals surface area contributed by atoms with Gasteiger partial charge in [0.25, 0.3) is 0 Å². The van der Waals surface area contributed by atoms with E-state index in [1.54, 1.807) is 18.2 Å². The summed E-state index contributed by atoms with van der Waals surface area (Å²) in [7, 11) is -1.45. The number of halogens is 1. The highest BCUT2D eigenvalue weighted by Crippen LogP contribution is 2.24. The van der Waals surface area contributed by atoms with Crippen LogP contribution in [0.25, 0.3) is 0 Å². The van der Waals surface area contributed by atoms with Crippen molar-refractivity contribution < 1.29 is 8.42 Å². The van der Waals surface area contributed by atoms with Gasteiger partial charge in [-0.1, -0.05) is 32.4 Å². The van der Waals surface area contributed by atoms with Crippen LogP contribution < -0.4 is 5.32 Å². The molecule has 2 unspecified atom stereocenters. The number of rotatable bonds is 6. The molecule has 0 saturated heterocycles. The van der Waals surface area contributed by atoms with Gasteiger partial charge >= 0.3 is 0 Å². The maximum Gasteiger partial charge on any atom is 0.181 e. The SMILES string of the molecule is CCC(C)C(CS(=O)(=O)c1ccccc1Br)NC. The third-order valence-corrected chi connectivity index (χ3v) is 6.05. The van der Waals surface area contributed by atoms with E-state index in [9.17, 15) is 8.42 Å². The van der Waals surface area contributed by atoms with Gasteiger partial charge in [0.2, 0.25) is 0 Å². The first-order valence-corrected chi connectivity index (χ1v) is 8.51.